The third-order valence-corrected chi connectivity index (χ3v) is 3.95. The second kappa shape index (κ2) is 3.04. The Labute approximate surface area is 60.5 Å². The molecule has 2 N–H and O–H groups in total. The lowest BCUT2D eigenvalue weighted by atomic mass is 10.1. The largest absolute Gasteiger partial charge is 0.396 e. The van der Waals surface area contributed by atoms with Gasteiger partial charge in [0.1, 0.15) is 0 Å². The molecule has 0 saturated carbocycles. The molecular weight excluding hydrogens is 151 g/mol. The molecule has 1 heterocycles. The highest BCUT2D eigenvalue weighted by atomic mass is 31.2. The van der Waals surface area contributed by atoms with Crippen LogP contribution in [0.2, 0.25) is 0 Å². The van der Waals surface area contributed by atoms with Crippen LogP contribution in [0.25, 0.3) is 0 Å². The summed E-state index contributed by atoms with van der Waals surface area (Å²) in [6.07, 6.45) is 2.23. The Balaban J connectivity index is 2.38. The Morgan fingerprint density at radius 2 is 1.90 bits per heavy atom. The van der Waals surface area contributed by atoms with Crippen molar-refractivity contribution in [3.8, 4) is 0 Å². The standard InChI is InChI=1S/C6H13O3P/c7-5-6-1-3-10(8,9)4-2-6/h6-7H,1-5H2,(H,8,9). The molecule has 10 heavy (non-hydrogen) atoms. The van der Waals surface area contributed by atoms with Crippen molar-refractivity contribution >= 4 is 7.37 Å². The summed E-state index contributed by atoms with van der Waals surface area (Å²) in [5, 5.41) is 8.69. The third-order valence-electron chi connectivity index (χ3n) is 2.03. The first-order valence-corrected chi connectivity index (χ1v) is 5.59. The predicted molar refractivity (Wildman–Crippen MR) is 39.4 cm³/mol. The Morgan fingerprint density at radius 1 is 1.40 bits per heavy atom. The van der Waals surface area contributed by atoms with Gasteiger partial charge in [-0.15, -0.1) is 0 Å². The fourth-order valence-electron chi connectivity index (χ4n) is 1.21. The van der Waals surface area contributed by atoms with Gasteiger partial charge in [-0.1, -0.05) is 0 Å². The maximum absolute atomic E-state index is 11.0. The zero-order valence-electron chi connectivity index (χ0n) is 5.86. The van der Waals surface area contributed by atoms with E-state index in [9.17, 15) is 4.57 Å². The van der Waals surface area contributed by atoms with Crippen LogP contribution < -0.4 is 0 Å². The lowest BCUT2D eigenvalue weighted by Crippen LogP contribution is -2.16. The lowest BCUT2D eigenvalue weighted by Gasteiger charge is -2.23. The number of hydrogen-bond donors (Lipinski definition) is 2. The average molecular weight is 164 g/mol. The minimum Gasteiger partial charge on any atom is -0.396 e. The van der Waals surface area contributed by atoms with Crippen LogP contribution in [0.3, 0.4) is 0 Å². The molecule has 1 aliphatic rings. The van der Waals surface area contributed by atoms with Crippen molar-refractivity contribution in [2.75, 3.05) is 18.9 Å². The van der Waals surface area contributed by atoms with E-state index < -0.39 is 7.37 Å². The normalized spacial score (nSPS) is 41.6. The predicted octanol–water partition coefficient (Wildman–Crippen LogP) is 0.659. The van der Waals surface area contributed by atoms with Gasteiger partial charge in [-0.2, -0.15) is 0 Å². The highest BCUT2D eigenvalue weighted by Gasteiger charge is 2.26. The number of rotatable bonds is 1. The van der Waals surface area contributed by atoms with Gasteiger partial charge in [0.25, 0.3) is 0 Å². The number of hydrogen-bond acceptors (Lipinski definition) is 2. The Hall–Kier alpha value is 0.150. The fourth-order valence-corrected chi connectivity index (χ4v) is 2.97. The summed E-state index contributed by atoms with van der Waals surface area (Å²) in [6, 6.07) is 0. The highest BCUT2D eigenvalue weighted by Crippen LogP contribution is 2.47. The molecule has 0 aliphatic carbocycles. The molecule has 0 aromatic carbocycles. The van der Waals surface area contributed by atoms with E-state index in [4.69, 9.17) is 10.00 Å². The molecule has 0 aromatic rings. The minimum atomic E-state index is -2.75. The van der Waals surface area contributed by atoms with E-state index in [1.165, 1.54) is 0 Å². The minimum absolute atomic E-state index is 0.167. The first-order chi connectivity index (χ1) is 4.64. The van der Waals surface area contributed by atoms with E-state index in [1.807, 2.05) is 0 Å². The van der Waals surface area contributed by atoms with Crippen LogP contribution in [0.15, 0.2) is 0 Å². The monoisotopic (exact) mass is 164 g/mol. The molecule has 0 aromatic heterocycles. The summed E-state index contributed by atoms with van der Waals surface area (Å²) in [6.45, 7) is 0.167. The first kappa shape index (κ1) is 8.25. The highest BCUT2D eigenvalue weighted by molar-refractivity contribution is 7.58. The second-order valence-electron chi connectivity index (χ2n) is 2.92. The molecular formula is C6H13O3P. The zero-order valence-corrected chi connectivity index (χ0v) is 6.76. The molecule has 4 heteroatoms. The molecule has 1 rings (SSSR count). The SMILES string of the molecule is O=P1(O)CCC(CO)CC1. The van der Waals surface area contributed by atoms with E-state index in [2.05, 4.69) is 0 Å². The van der Waals surface area contributed by atoms with Crippen LogP contribution in [0.4, 0.5) is 0 Å². The van der Waals surface area contributed by atoms with Crippen LogP contribution in [0.1, 0.15) is 12.8 Å². The summed E-state index contributed by atoms with van der Waals surface area (Å²) >= 11 is 0. The van der Waals surface area contributed by atoms with Gasteiger partial charge >= 0.3 is 0 Å². The molecule has 0 spiro atoms. The van der Waals surface area contributed by atoms with Crippen LogP contribution in [-0.2, 0) is 4.57 Å². The number of aliphatic hydroxyl groups excluding tert-OH is 1. The van der Waals surface area contributed by atoms with E-state index >= 15 is 0 Å². The topological polar surface area (TPSA) is 57.5 Å². The van der Waals surface area contributed by atoms with Gasteiger partial charge in [0.15, 0.2) is 0 Å². The molecule has 3 nitrogen and oxygen atoms in total. The van der Waals surface area contributed by atoms with Crippen molar-refractivity contribution in [2.24, 2.45) is 5.92 Å². The van der Waals surface area contributed by atoms with E-state index in [1.54, 1.807) is 0 Å². The molecule has 0 atom stereocenters. The van der Waals surface area contributed by atoms with Crippen molar-refractivity contribution < 1.29 is 14.6 Å². The third kappa shape index (κ3) is 2.08. The summed E-state index contributed by atoms with van der Waals surface area (Å²) in [5.41, 5.74) is 0. The smallest absolute Gasteiger partial charge is 0.200 e. The molecule has 60 valence electrons. The molecule has 0 amide bonds. The summed E-state index contributed by atoms with van der Waals surface area (Å²) in [4.78, 5) is 9.06. The fraction of sp³-hybridized carbons (Fsp3) is 1.00. The van der Waals surface area contributed by atoms with E-state index in [0.717, 1.165) is 0 Å². The summed E-state index contributed by atoms with van der Waals surface area (Å²) in [7, 11) is -2.75. The Kier molecular flexibility index (Phi) is 2.50. The molecule has 1 fully saturated rings. The molecule has 0 radical (unpaired) electrons. The van der Waals surface area contributed by atoms with Gasteiger partial charge in [0, 0.05) is 18.9 Å². The average Bonchev–Trinajstić information content (AvgIpc) is 1.88. The van der Waals surface area contributed by atoms with Crippen molar-refractivity contribution in [1.82, 2.24) is 0 Å². The zero-order chi connectivity index (χ0) is 7.61. The van der Waals surface area contributed by atoms with Gasteiger partial charge in [0.2, 0.25) is 7.37 Å². The van der Waals surface area contributed by atoms with Crippen molar-refractivity contribution in [2.45, 2.75) is 12.8 Å². The van der Waals surface area contributed by atoms with Gasteiger partial charge in [-0.3, -0.25) is 4.57 Å². The van der Waals surface area contributed by atoms with Crippen LogP contribution in [0.5, 0.6) is 0 Å². The van der Waals surface area contributed by atoms with Gasteiger partial charge in [0.05, 0.1) is 0 Å². The van der Waals surface area contributed by atoms with Crippen molar-refractivity contribution in [3.63, 3.8) is 0 Å². The molecule has 0 bridgehead atoms. The van der Waals surface area contributed by atoms with Crippen LogP contribution in [-0.4, -0.2) is 28.9 Å². The first-order valence-electron chi connectivity index (χ1n) is 3.56. The van der Waals surface area contributed by atoms with Crippen LogP contribution in [0, 0.1) is 5.92 Å². The van der Waals surface area contributed by atoms with Crippen molar-refractivity contribution in [3.05, 3.63) is 0 Å². The summed E-state index contributed by atoms with van der Waals surface area (Å²) in [5.74, 6) is 0.272. The van der Waals surface area contributed by atoms with Gasteiger partial charge in [-0.25, -0.2) is 0 Å². The molecule has 0 unspecified atom stereocenters. The Morgan fingerprint density at radius 3 is 2.30 bits per heavy atom. The van der Waals surface area contributed by atoms with Gasteiger partial charge < -0.3 is 10.00 Å². The quantitative estimate of drug-likeness (QED) is 0.559. The number of aliphatic hydroxyl groups is 1. The van der Waals surface area contributed by atoms with Crippen molar-refractivity contribution in [1.29, 1.82) is 0 Å². The van der Waals surface area contributed by atoms with Crippen LogP contribution >= 0.6 is 7.37 Å². The summed E-state index contributed by atoms with van der Waals surface area (Å²) < 4.78 is 11.0. The molecule has 1 saturated heterocycles. The van der Waals surface area contributed by atoms with Gasteiger partial charge in [-0.05, 0) is 18.8 Å². The second-order valence-corrected chi connectivity index (χ2v) is 5.51. The Bertz CT molecular complexity index is 145. The van der Waals surface area contributed by atoms with E-state index in [0.29, 0.717) is 25.2 Å². The maximum Gasteiger partial charge on any atom is 0.200 e. The lowest BCUT2D eigenvalue weighted by molar-refractivity contribution is 0.214. The van der Waals surface area contributed by atoms with E-state index in [-0.39, 0.29) is 12.5 Å². The maximum atomic E-state index is 11.0. The molecule has 1 aliphatic heterocycles.